The van der Waals surface area contributed by atoms with Gasteiger partial charge in [-0.15, -0.1) is 0 Å². The van der Waals surface area contributed by atoms with E-state index < -0.39 is 12.7 Å². The second-order valence-electron chi connectivity index (χ2n) is 6.20. The van der Waals surface area contributed by atoms with Crippen molar-refractivity contribution in [2.24, 2.45) is 4.99 Å². The summed E-state index contributed by atoms with van der Waals surface area (Å²) in [5.74, 6) is 0.586. The molecule has 8 heteroatoms. The molecule has 158 valence electrons. The summed E-state index contributed by atoms with van der Waals surface area (Å²) in [7, 11) is 1.65. The van der Waals surface area contributed by atoms with Crippen LogP contribution >= 0.6 is 0 Å². The standard InChI is InChI=1S/C21H27F2N3O3/c1-3-24-21(26-14-19(28-2)16-7-5-4-6-8-16)25-13-18(27)15-9-11-17(12-10-15)29-20(22)23/h4-12,18-20,27H,3,13-14H2,1-2H3,(H2,24,25,26). The van der Waals surface area contributed by atoms with Gasteiger partial charge in [-0.1, -0.05) is 42.5 Å². The fourth-order valence-corrected chi connectivity index (χ4v) is 2.69. The Morgan fingerprint density at radius 2 is 1.72 bits per heavy atom. The molecule has 2 aromatic rings. The SMILES string of the molecule is CCNC(=NCC(O)c1ccc(OC(F)F)cc1)NCC(OC)c1ccccc1. The van der Waals surface area contributed by atoms with Gasteiger partial charge in [-0.25, -0.2) is 0 Å². The van der Waals surface area contributed by atoms with E-state index >= 15 is 0 Å². The molecule has 0 amide bonds. The molecule has 2 aromatic carbocycles. The van der Waals surface area contributed by atoms with Gasteiger partial charge in [-0.3, -0.25) is 4.99 Å². The first kappa shape index (κ1) is 22.6. The van der Waals surface area contributed by atoms with E-state index in [1.54, 1.807) is 7.11 Å². The third-order valence-electron chi connectivity index (χ3n) is 4.17. The van der Waals surface area contributed by atoms with Crippen LogP contribution in [0, 0.1) is 0 Å². The normalized spacial score (nSPS) is 13.8. The zero-order chi connectivity index (χ0) is 21.1. The molecule has 6 nitrogen and oxygen atoms in total. The number of ether oxygens (including phenoxy) is 2. The van der Waals surface area contributed by atoms with E-state index in [9.17, 15) is 13.9 Å². The van der Waals surface area contributed by atoms with Crippen LogP contribution in [0.2, 0.25) is 0 Å². The number of alkyl halides is 2. The molecule has 0 radical (unpaired) electrons. The highest BCUT2D eigenvalue weighted by Crippen LogP contribution is 2.19. The van der Waals surface area contributed by atoms with Gasteiger partial charge in [0.1, 0.15) is 5.75 Å². The summed E-state index contributed by atoms with van der Waals surface area (Å²) in [5.41, 5.74) is 1.61. The maximum absolute atomic E-state index is 12.2. The van der Waals surface area contributed by atoms with Gasteiger partial charge in [0.05, 0.1) is 18.8 Å². The van der Waals surface area contributed by atoms with Crippen molar-refractivity contribution in [3.63, 3.8) is 0 Å². The quantitative estimate of drug-likeness (QED) is 0.416. The van der Waals surface area contributed by atoms with Crippen LogP contribution in [0.15, 0.2) is 59.6 Å². The van der Waals surface area contributed by atoms with Crippen molar-refractivity contribution >= 4 is 5.96 Å². The second-order valence-corrected chi connectivity index (χ2v) is 6.20. The van der Waals surface area contributed by atoms with E-state index in [0.717, 1.165) is 5.56 Å². The van der Waals surface area contributed by atoms with Crippen molar-refractivity contribution in [2.75, 3.05) is 26.7 Å². The first-order valence-electron chi connectivity index (χ1n) is 9.36. The Balaban J connectivity index is 1.95. The van der Waals surface area contributed by atoms with E-state index in [4.69, 9.17) is 4.74 Å². The third kappa shape index (κ3) is 7.67. The van der Waals surface area contributed by atoms with E-state index in [0.29, 0.717) is 24.6 Å². The van der Waals surface area contributed by atoms with E-state index in [-0.39, 0.29) is 18.4 Å². The van der Waals surface area contributed by atoms with Crippen LogP contribution in [0.1, 0.15) is 30.3 Å². The molecule has 0 aliphatic heterocycles. The van der Waals surface area contributed by atoms with Crippen LogP contribution in [0.3, 0.4) is 0 Å². The zero-order valence-electron chi connectivity index (χ0n) is 16.5. The second kappa shape index (κ2) is 12.0. The number of guanidine groups is 1. The predicted molar refractivity (Wildman–Crippen MR) is 108 cm³/mol. The summed E-state index contributed by atoms with van der Waals surface area (Å²) in [4.78, 5) is 4.40. The van der Waals surface area contributed by atoms with E-state index in [1.165, 1.54) is 24.3 Å². The molecule has 0 aromatic heterocycles. The highest BCUT2D eigenvalue weighted by atomic mass is 19.3. The van der Waals surface area contributed by atoms with E-state index in [2.05, 4.69) is 20.4 Å². The molecule has 0 aliphatic rings. The summed E-state index contributed by atoms with van der Waals surface area (Å²) in [5, 5.41) is 16.7. The Bertz CT molecular complexity index is 743. The van der Waals surface area contributed by atoms with Crippen LogP contribution in [0.5, 0.6) is 5.75 Å². The molecule has 0 heterocycles. The molecule has 0 fully saturated rings. The van der Waals surface area contributed by atoms with E-state index in [1.807, 2.05) is 37.3 Å². The van der Waals surface area contributed by atoms with Crippen molar-refractivity contribution in [3.8, 4) is 5.75 Å². The Morgan fingerprint density at radius 1 is 1.03 bits per heavy atom. The van der Waals surface area contributed by atoms with Gasteiger partial charge in [0, 0.05) is 20.2 Å². The Labute approximate surface area is 169 Å². The lowest BCUT2D eigenvalue weighted by Gasteiger charge is -2.19. The average Bonchev–Trinajstić information content (AvgIpc) is 2.73. The van der Waals surface area contributed by atoms with Gasteiger partial charge >= 0.3 is 6.61 Å². The number of methoxy groups -OCH3 is 1. The van der Waals surface area contributed by atoms with Gasteiger partial charge in [-0.05, 0) is 30.2 Å². The number of nitrogens with one attached hydrogen (secondary N) is 2. The number of hydrogen-bond acceptors (Lipinski definition) is 4. The van der Waals surface area contributed by atoms with Gasteiger partial charge < -0.3 is 25.2 Å². The van der Waals surface area contributed by atoms with Crippen LogP contribution in [0.4, 0.5) is 8.78 Å². The fourth-order valence-electron chi connectivity index (χ4n) is 2.69. The molecule has 0 spiro atoms. The molecule has 3 N–H and O–H groups in total. The number of benzene rings is 2. The molecule has 29 heavy (non-hydrogen) atoms. The first-order valence-corrected chi connectivity index (χ1v) is 9.36. The molecule has 0 aliphatic carbocycles. The summed E-state index contributed by atoms with van der Waals surface area (Å²) in [6.07, 6.45) is -1.02. The Hall–Kier alpha value is -2.71. The number of aliphatic imine (C=N–C) groups is 1. The molecular formula is C21H27F2N3O3. The molecule has 2 unspecified atom stereocenters. The average molecular weight is 407 g/mol. The number of hydrogen-bond donors (Lipinski definition) is 3. The minimum atomic E-state index is -2.88. The van der Waals surface area contributed by atoms with Gasteiger partial charge in [0.15, 0.2) is 5.96 Å². The summed E-state index contributed by atoms with van der Waals surface area (Å²) in [6, 6.07) is 15.7. The maximum Gasteiger partial charge on any atom is 0.387 e. The maximum atomic E-state index is 12.2. The lowest BCUT2D eigenvalue weighted by Crippen LogP contribution is -2.40. The van der Waals surface area contributed by atoms with Crippen molar-refractivity contribution in [2.45, 2.75) is 25.7 Å². The molecule has 2 atom stereocenters. The number of nitrogens with zero attached hydrogens (tertiary/aromatic N) is 1. The smallest absolute Gasteiger partial charge is 0.387 e. The summed E-state index contributed by atoms with van der Waals surface area (Å²) in [6.45, 7) is 0.330. The van der Waals surface area contributed by atoms with Gasteiger partial charge in [0.25, 0.3) is 0 Å². The Morgan fingerprint density at radius 3 is 2.31 bits per heavy atom. The molecule has 0 bridgehead atoms. The van der Waals surface area contributed by atoms with Crippen LogP contribution in [-0.4, -0.2) is 44.4 Å². The molecular weight excluding hydrogens is 380 g/mol. The molecule has 0 saturated carbocycles. The van der Waals surface area contributed by atoms with Gasteiger partial charge in [0.2, 0.25) is 0 Å². The van der Waals surface area contributed by atoms with Crippen LogP contribution in [0.25, 0.3) is 0 Å². The van der Waals surface area contributed by atoms with Gasteiger partial charge in [-0.2, -0.15) is 8.78 Å². The largest absolute Gasteiger partial charge is 0.435 e. The topological polar surface area (TPSA) is 75.1 Å². The number of halogens is 2. The zero-order valence-corrected chi connectivity index (χ0v) is 16.5. The minimum absolute atomic E-state index is 0.0426. The van der Waals surface area contributed by atoms with Crippen molar-refractivity contribution < 1.29 is 23.4 Å². The van der Waals surface area contributed by atoms with Crippen molar-refractivity contribution in [1.29, 1.82) is 0 Å². The first-order chi connectivity index (χ1) is 14.0. The highest BCUT2D eigenvalue weighted by molar-refractivity contribution is 5.79. The van der Waals surface area contributed by atoms with Crippen molar-refractivity contribution in [1.82, 2.24) is 10.6 Å². The summed E-state index contributed by atoms with van der Waals surface area (Å²) >= 11 is 0. The lowest BCUT2D eigenvalue weighted by atomic mass is 10.1. The number of aliphatic hydroxyl groups is 1. The molecule has 0 saturated heterocycles. The fraction of sp³-hybridized carbons (Fsp3) is 0.381. The monoisotopic (exact) mass is 407 g/mol. The van der Waals surface area contributed by atoms with Crippen molar-refractivity contribution in [3.05, 3.63) is 65.7 Å². The third-order valence-corrected chi connectivity index (χ3v) is 4.17. The molecule has 2 rings (SSSR count). The Kier molecular flexibility index (Phi) is 9.33. The number of aliphatic hydroxyl groups excluding tert-OH is 1. The summed E-state index contributed by atoms with van der Waals surface area (Å²) < 4.78 is 34.3. The lowest BCUT2D eigenvalue weighted by molar-refractivity contribution is -0.0498. The van der Waals surface area contributed by atoms with Crippen LogP contribution in [-0.2, 0) is 4.74 Å². The highest BCUT2D eigenvalue weighted by Gasteiger charge is 2.12. The minimum Gasteiger partial charge on any atom is -0.435 e. The number of rotatable bonds is 10. The van der Waals surface area contributed by atoms with Crippen LogP contribution < -0.4 is 15.4 Å². The predicted octanol–water partition coefficient (Wildman–Crippen LogP) is 3.26.